The van der Waals surface area contributed by atoms with Crippen molar-refractivity contribution in [1.29, 1.82) is 0 Å². The van der Waals surface area contributed by atoms with Crippen LogP contribution in [-0.4, -0.2) is 63.4 Å². The standard InChI is InChI=1S/C20H24FN5O4/c1-12(27)26-9-8-25(3)20(2,11-26)19-23-15(16(28)18(30)24-19)17(29)22-10-13-4-6-14(21)7-5-13/h4-7,28H,8-11H2,1-3H3,(H,22,29)(H,23,24,30). The fraction of sp³-hybridized carbons (Fsp3) is 0.400. The Bertz CT molecular complexity index is 1020. The van der Waals surface area contributed by atoms with Crippen LogP contribution in [0.5, 0.6) is 5.75 Å². The first-order valence-corrected chi connectivity index (χ1v) is 9.45. The van der Waals surface area contributed by atoms with Crippen LogP contribution in [0.25, 0.3) is 0 Å². The van der Waals surface area contributed by atoms with Crippen LogP contribution in [-0.2, 0) is 16.9 Å². The van der Waals surface area contributed by atoms with E-state index in [1.54, 1.807) is 11.8 Å². The Morgan fingerprint density at radius 2 is 1.97 bits per heavy atom. The normalized spacial score (nSPS) is 19.5. The maximum Gasteiger partial charge on any atom is 0.293 e. The summed E-state index contributed by atoms with van der Waals surface area (Å²) in [6, 6.07) is 5.56. The minimum absolute atomic E-state index is 0.0671. The molecule has 10 heteroatoms. The van der Waals surface area contributed by atoms with E-state index in [1.165, 1.54) is 31.2 Å². The van der Waals surface area contributed by atoms with Crippen LogP contribution in [0, 0.1) is 5.82 Å². The van der Waals surface area contributed by atoms with Gasteiger partial charge < -0.3 is 20.3 Å². The van der Waals surface area contributed by atoms with E-state index in [2.05, 4.69) is 15.3 Å². The number of halogens is 1. The molecule has 0 aliphatic carbocycles. The molecule has 1 aromatic heterocycles. The van der Waals surface area contributed by atoms with Crippen molar-refractivity contribution in [3.63, 3.8) is 0 Å². The number of nitrogens with one attached hydrogen (secondary N) is 2. The summed E-state index contributed by atoms with van der Waals surface area (Å²) < 4.78 is 13.0. The topological polar surface area (TPSA) is 119 Å². The van der Waals surface area contributed by atoms with Crippen LogP contribution >= 0.6 is 0 Å². The highest BCUT2D eigenvalue weighted by atomic mass is 19.1. The van der Waals surface area contributed by atoms with Crippen LogP contribution < -0.4 is 10.9 Å². The van der Waals surface area contributed by atoms with Crippen molar-refractivity contribution in [1.82, 2.24) is 25.1 Å². The summed E-state index contributed by atoms with van der Waals surface area (Å²) in [4.78, 5) is 47.1. The van der Waals surface area contributed by atoms with Gasteiger partial charge in [0.05, 0.1) is 5.54 Å². The number of amides is 2. The number of carbonyl (C=O) groups excluding carboxylic acids is 2. The molecule has 1 unspecified atom stereocenters. The Balaban J connectivity index is 1.89. The molecule has 3 rings (SSSR count). The third-order valence-corrected chi connectivity index (χ3v) is 5.48. The molecule has 0 spiro atoms. The maximum atomic E-state index is 13.0. The van der Waals surface area contributed by atoms with E-state index in [-0.39, 0.29) is 24.8 Å². The molecule has 30 heavy (non-hydrogen) atoms. The summed E-state index contributed by atoms with van der Waals surface area (Å²) in [5, 5.41) is 12.7. The Labute approximate surface area is 172 Å². The van der Waals surface area contributed by atoms with Gasteiger partial charge in [0.2, 0.25) is 11.7 Å². The third kappa shape index (κ3) is 4.18. The van der Waals surface area contributed by atoms with Gasteiger partial charge in [-0.2, -0.15) is 0 Å². The molecule has 3 N–H and O–H groups in total. The smallest absolute Gasteiger partial charge is 0.293 e. The van der Waals surface area contributed by atoms with E-state index in [0.717, 1.165) is 0 Å². The van der Waals surface area contributed by atoms with Crippen molar-refractivity contribution in [3.8, 4) is 5.75 Å². The summed E-state index contributed by atoms with van der Waals surface area (Å²) in [6.45, 7) is 4.69. The van der Waals surface area contributed by atoms with Crippen molar-refractivity contribution in [3.05, 3.63) is 57.5 Å². The van der Waals surface area contributed by atoms with Crippen LogP contribution in [0.2, 0.25) is 0 Å². The second-order valence-electron chi connectivity index (χ2n) is 7.56. The monoisotopic (exact) mass is 417 g/mol. The number of aromatic hydroxyl groups is 1. The highest BCUT2D eigenvalue weighted by molar-refractivity contribution is 5.94. The lowest BCUT2D eigenvalue weighted by atomic mass is 9.95. The van der Waals surface area contributed by atoms with Crippen molar-refractivity contribution in [2.75, 3.05) is 26.7 Å². The molecule has 2 amide bonds. The molecule has 2 aromatic rings. The number of aromatic nitrogens is 2. The fourth-order valence-electron chi connectivity index (χ4n) is 3.36. The molecule has 1 atom stereocenters. The molecule has 9 nitrogen and oxygen atoms in total. The van der Waals surface area contributed by atoms with E-state index in [1.807, 2.05) is 11.9 Å². The number of H-pyrrole nitrogens is 1. The van der Waals surface area contributed by atoms with E-state index in [9.17, 15) is 23.9 Å². The summed E-state index contributed by atoms with van der Waals surface area (Å²) >= 11 is 0. The molecule has 1 fully saturated rings. The quantitative estimate of drug-likeness (QED) is 0.669. The van der Waals surface area contributed by atoms with Gasteiger partial charge in [0.25, 0.3) is 11.5 Å². The Morgan fingerprint density at radius 3 is 2.60 bits per heavy atom. The van der Waals surface area contributed by atoms with Crippen LogP contribution in [0.4, 0.5) is 4.39 Å². The fourth-order valence-corrected chi connectivity index (χ4v) is 3.36. The highest BCUT2D eigenvalue weighted by Gasteiger charge is 2.41. The minimum Gasteiger partial charge on any atom is -0.501 e. The van der Waals surface area contributed by atoms with Gasteiger partial charge >= 0.3 is 0 Å². The number of hydrogen-bond donors (Lipinski definition) is 3. The molecule has 1 aliphatic heterocycles. The first-order valence-electron chi connectivity index (χ1n) is 9.45. The average molecular weight is 417 g/mol. The third-order valence-electron chi connectivity index (χ3n) is 5.48. The molecule has 160 valence electrons. The summed E-state index contributed by atoms with van der Waals surface area (Å²) in [7, 11) is 1.83. The molecule has 2 heterocycles. The second kappa shape index (κ2) is 8.23. The summed E-state index contributed by atoms with van der Waals surface area (Å²) in [5.41, 5.74) is -1.47. The number of aromatic amines is 1. The second-order valence-corrected chi connectivity index (χ2v) is 7.56. The van der Waals surface area contributed by atoms with Crippen molar-refractivity contribution in [2.24, 2.45) is 0 Å². The van der Waals surface area contributed by atoms with Gasteiger partial charge in [-0.15, -0.1) is 0 Å². The Hall–Kier alpha value is -3.27. The van der Waals surface area contributed by atoms with Gasteiger partial charge in [0, 0.05) is 33.1 Å². The average Bonchev–Trinajstić information content (AvgIpc) is 2.71. The predicted molar refractivity (Wildman–Crippen MR) is 106 cm³/mol. The zero-order valence-electron chi connectivity index (χ0n) is 17.0. The Kier molecular flexibility index (Phi) is 5.88. The molecule has 0 radical (unpaired) electrons. The van der Waals surface area contributed by atoms with Crippen LogP contribution in [0.3, 0.4) is 0 Å². The van der Waals surface area contributed by atoms with E-state index >= 15 is 0 Å². The highest BCUT2D eigenvalue weighted by Crippen LogP contribution is 2.29. The van der Waals surface area contributed by atoms with Gasteiger partial charge in [-0.3, -0.25) is 19.3 Å². The molecule has 1 saturated heterocycles. The van der Waals surface area contributed by atoms with Crippen LogP contribution in [0.1, 0.15) is 35.7 Å². The molecule has 1 aromatic carbocycles. The zero-order chi connectivity index (χ0) is 22.1. The lowest BCUT2D eigenvalue weighted by molar-refractivity contribution is -0.134. The number of hydrogen-bond acceptors (Lipinski definition) is 6. The molecule has 1 aliphatic rings. The molecule has 0 bridgehead atoms. The number of piperazine rings is 1. The van der Waals surface area contributed by atoms with Gasteiger partial charge in [-0.25, -0.2) is 9.37 Å². The summed E-state index contributed by atoms with van der Waals surface area (Å²) in [5.74, 6) is -1.86. The SMILES string of the molecule is CC(=O)N1CCN(C)C(C)(c2nc(C(=O)NCc3ccc(F)cc3)c(O)c(=O)[nH]2)C1. The summed E-state index contributed by atoms with van der Waals surface area (Å²) in [6.07, 6.45) is 0. The first kappa shape index (κ1) is 21.4. The Morgan fingerprint density at radius 1 is 1.30 bits per heavy atom. The van der Waals surface area contributed by atoms with E-state index in [4.69, 9.17) is 0 Å². The number of nitrogens with zero attached hydrogens (tertiary/aromatic N) is 3. The van der Waals surface area contributed by atoms with Crippen LogP contribution in [0.15, 0.2) is 29.1 Å². The first-order chi connectivity index (χ1) is 14.1. The molecular formula is C20H24FN5O4. The number of rotatable bonds is 4. The zero-order valence-corrected chi connectivity index (χ0v) is 17.0. The van der Waals surface area contributed by atoms with Gasteiger partial charge in [-0.1, -0.05) is 12.1 Å². The lowest BCUT2D eigenvalue weighted by Gasteiger charge is -2.46. The lowest BCUT2D eigenvalue weighted by Crippen LogP contribution is -2.59. The maximum absolute atomic E-state index is 13.0. The van der Waals surface area contributed by atoms with E-state index < -0.39 is 34.3 Å². The number of likely N-dealkylation sites (N-methyl/N-ethyl adjacent to an activating group) is 1. The van der Waals surface area contributed by atoms with Gasteiger partial charge in [0.15, 0.2) is 5.69 Å². The predicted octanol–water partition coefficient (Wildman–Crippen LogP) is 0.554. The number of carbonyl (C=O) groups is 2. The van der Waals surface area contributed by atoms with Crippen molar-refractivity contribution >= 4 is 11.8 Å². The molecule has 0 saturated carbocycles. The van der Waals surface area contributed by atoms with Crippen molar-refractivity contribution < 1.29 is 19.1 Å². The van der Waals surface area contributed by atoms with Gasteiger partial charge in [0.1, 0.15) is 11.6 Å². The van der Waals surface area contributed by atoms with Crippen molar-refractivity contribution in [2.45, 2.75) is 25.9 Å². The molecular weight excluding hydrogens is 393 g/mol. The van der Waals surface area contributed by atoms with Gasteiger partial charge in [-0.05, 0) is 31.7 Å². The van der Waals surface area contributed by atoms with E-state index in [0.29, 0.717) is 18.7 Å². The number of benzene rings is 1. The largest absolute Gasteiger partial charge is 0.501 e. The minimum atomic E-state index is -0.858.